The van der Waals surface area contributed by atoms with Crippen LogP contribution < -0.4 is 10.1 Å². The highest BCUT2D eigenvalue weighted by atomic mass is 32.1. The normalized spacial score (nSPS) is 16.8. The molecule has 0 aromatic carbocycles. The maximum atomic E-state index is 5.16. The molecule has 1 aromatic heterocycles. The molecule has 1 fully saturated rings. The second kappa shape index (κ2) is 6.23. The molecule has 4 heteroatoms. The van der Waals surface area contributed by atoms with Crippen LogP contribution in [-0.2, 0) is 6.54 Å². The molecule has 0 spiro atoms. The van der Waals surface area contributed by atoms with Gasteiger partial charge in [0.25, 0.3) is 0 Å². The molecule has 0 unspecified atom stereocenters. The average molecular weight is 240 g/mol. The Bertz CT molecular complexity index is 308. The van der Waals surface area contributed by atoms with Crippen LogP contribution in [0.2, 0.25) is 0 Å². The molecule has 0 amide bonds. The highest BCUT2D eigenvalue weighted by Gasteiger charge is 2.10. The first-order chi connectivity index (χ1) is 7.88. The van der Waals surface area contributed by atoms with E-state index in [4.69, 9.17) is 4.74 Å². The zero-order valence-corrected chi connectivity index (χ0v) is 10.7. The summed E-state index contributed by atoms with van der Waals surface area (Å²) in [5.41, 5.74) is 0. The van der Waals surface area contributed by atoms with Crippen molar-refractivity contribution < 1.29 is 4.74 Å². The van der Waals surface area contributed by atoms with Crippen LogP contribution in [0.3, 0.4) is 0 Å². The quantitative estimate of drug-likeness (QED) is 0.769. The Morgan fingerprint density at radius 3 is 2.94 bits per heavy atom. The van der Waals surface area contributed by atoms with Crippen molar-refractivity contribution in [1.29, 1.82) is 0 Å². The van der Waals surface area contributed by atoms with E-state index in [9.17, 15) is 0 Å². The standard InChI is InChI=1S/C12H20N2OS/c1-15-11-8-12(16-10-11)9-13-4-7-14-5-2-3-6-14/h8,10,13H,2-7,9H2,1H3. The van der Waals surface area contributed by atoms with Crippen LogP contribution in [0.5, 0.6) is 5.75 Å². The van der Waals surface area contributed by atoms with Crippen molar-refractivity contribution in [3.8, 4) is 5.75 Å². The van der Waals surface area contributed by atoms with Crippen LogP contribution in [0.25, 0.3) is 0 Å². The predicted octanol–water partition coefficient (Wildman–Crippen LogP) is 1.94. The minimum Gasteiger partial charge on any atom is -0.496 e. The van der Waals surface area contributed by atoms with Gasteiger partial charge in [-0.05, 0) is 32.0 Å². The van der Waals surface area contributed by atoms with Gasteiger partial charge in [0.2, 0.25) is 0 Å². The van der Waals surface area contributed by atoms with Crippen molar-refractivity contribution in [2.45, 2.75) is 19.4 Å². The van der Waals surface area contributed by atoms with Gasteiger partial charge in [-0.15, -0.1) is 11.3 Å². The van der Waals surface area contributed by atoms with Crippen LogP contribution >= 0.6 is 11.3 Å². The molecule has 1 saturated heterocycles. The van der Waals surface area contributed by atoms with Crippen LogP contribution in [0.15, 0.2) is 11.4 Å². The molecule has 1 aliphatic heterocycles. The predicted molar refractivity (Wildman–Crippen MR) is 68.3 cm³/mol. The number of hydrogen-bond acceptors (Lipinski definition) is 4. The molecule has 2 heterocycles. The van der Waals surface area contributed by atoms with Gasteiger partial charge in [-0.2, -0.15) is 0 Å². The SMILES string of the molecule is COc1csc(CNCCN2CCCC2)c1. The van der Waals surface area contributed by atoms with E-state index in [-0.39, 0.29) is 0 Å². The van der Waals surface area contributed by atoms with E-state index in [0.29, 0.717) is 0 Å². The minimum atomic E-state index is 0.960. The van der Waals surface area contributed by atoms with Gasteiger partial charge in [0.05, 0.1) is 7.11 Å². The van der Waals surface area contributed by atoms with Gasteiger partial charge < -0.3 is 15.0 Å². The second-order valence-electron chi connectivity index (χ2n) is 4.18. The number of rotatable bonds is 6. The molecule has 3 nitrogen and oxygen atoms in total. The van der Waals surface area contributed by atoms with Gasteiger partial charge in [-0.1, -0.05) is 0 Å². The summed E-state index contributed by atoms with van der Waals surface area (Å²) in [6, 6.07) is 2.10. The molecule has 1 aliphatic rings. The molecule has 0 saturated carbocycles. The molecule has 1 aromatic rings. The first-order valence-electron chi connectivity index (χ1n) is 5.93. The fourth-order valence-electron chi connectivity index (χ4n) is 2.02. The summed E-state index contributed by atoms with van der Waals surface area (Å²) in [5.74, 6) is 0.973. The third kappa shape index (κ3) is 3.47. The number of hydrogen-bond donors (Lipinski definition) is 1. The molecule has 2 rings (SSSR count). The van der Waals surface area contributed by atoms with E-state index < -0.39 is 0 Å². The Kier molecular flexibility index (Phi) is 4.63. The molecular formula is C12H20N2OS. The van der Waals surface area contributed by atoms with Crippen molar-refractivity contribution in [3.05, 3.63) is 16.3 Å². The van der Waals surface area contributed by atoms with Crippen LogP contribution in [0.1, 0.15) is 17.7 Å². The highest BCUT2D eigenvalue weighted by molar-refractivity contribution is 7.10. The number of methoxy groups -OCH3 is 1. The van der Waals surface area contributed by atoms with Gasteiger partial charge in [-0.25, -0.2) is 0 Å². The van der Waals surface area contributed by atoms with Crippen LogP contribution in [0.4, 0.5) is 0 Å². The minimum absolute atomic E-state index is 0.960. The van der Waals surface area contributed by atoms with Gasteiger partial charge >= 0.3 is 0 Å². The summed E-state index contributed by atoms with van der Waals surface area (Å²) >= 11 is 1.76. The van der Waals surface area contributed by atoms with Gasteiger partial charge in [0.1, 0.15) is 5.75 Å². The first-order valence-corrected chi connectivity index (χ1v) is 6.81. The number of nitrogens with zero attached hydrogens (tertiary/aromatic N) is 1. The molecule has 0 radical (unpaired) electrons. The first kappa shape index (κ1) is 11.9. The Labute approximate surface area is 101 Å². The summed E-state index contributed by atoms with van der Waals surface area (Å²) in [4.78, 5) is 3.88. The molecular weight excluding hydrogens is 220 g/mol. The third-order valence-corrected chi connectivity index (χ3v) is 3.88. The Morgan fingerprint density at radius 1 is 1.44 bits per heavy atom. The second-order valence-corrected chi connectivity index (χ2v) is 5.17. The summed E-state index contributed by atoms with van der Waals surface area (Å²) in [5, 5.41) is 5.53. The topological polar surface area (TPSA) is 24.5 Å². The number of nitrogens with one attached hydrogen (secondary N) is 1. The zero-order chi connectivity index (χ0) is 11.2. The smallest absolute Gasteiger partial charge is 0.129 e. The lowest BCUT2D eigenvalue weighted by Gasteiger charge is -2.14. The highest BCUT2D eigenvalue weighted by Crippen LogP contribution is 2.20. The lowest BCUT2D eigenvalue weighted by atomic mass is 10.4. The fraction of sp³-hybridized carbons (Fsp3) is 0.667. The van der Waals surface area contributed by atoms with Crippen LogP contribution in [0, 0.1) is 0 Å². The Hall–Kier alpha value is -0.580. The summed E-state index contributed by atoms with van der Waals surface area (Å²) in [6.45, 7) is 5.80. The molecule has 0 atom stereocenters. The maximum Gasteiger partial charge on any atom is 0.129 e. The number of likely N-dealkylation sites (tertiary alicyclic amines) is 1. The molecule has 16 heavy (non-hydrogen) atoms. The Morgan fingerprint density at radius 2 is 2.25 bits per heavy atom. The summed E-state index contributed by atoms with van der Waals surface area (Å²) in [7, 11) is 1.71. The fourth-order valence-corrected chi connectivity index (χ4v) is 2.82. The van der Waals surface area contributed by atoms with Crippen molar-refractivity contribution in [1.82, 2.24) is 10.2 Å². The van der Waals surface area contributed by atoms with E-state index in [1.54, 1.807) is 18.4 Å². The largest absolute Gasteiger partial charge is 0.496 e. The van der Waals surface area contributed by atoms with Gasteiger partial charge in [0, 0.05) is 29.9 Å². The Balaban J connectivity index is 1.60. The van der Waals surface area contributed by atoms with E-state index >= 15 is 0 Å². The zero-order valence-electron chi connectivity index (χ0n) is 9.87. The van der Waals surface area contributed by atoms with Crippen molar-refractivity contribution >= 4 is 11.3 Å². The molecule has 1 N–H and O–H groups in total. The average Bonchev–Trinajstić information content (AvgIpc) is 2.95. The lowest BCUT2D eigenvalue weighted by Crippen LogP contribution is -2.29. The van der Waals surface area contributed by atoms with Crippen molar-refractivity contribution in [3.63, 3.8) is 0 Å². The molecule has 0 bridgehead atoms. The summed E-state index contributed by atoms with van der Waals surface area (Å²) < 4.78 is 5.16. The van der Waals surface area contributed by atoms with E-state index in [1.165, 1.54) is 37.4 Å². The molecule has 90 valence electrons. The van der Waals surface area contributed by atoms with Gasteiger partial charge in [-0.3, -0.25) is 0 Å². The van der Waals surface area contributed by atoms with E-state index in [0.717, 1.165) is 18.8 Å². The maximum absolute atomic E-state index is 5.16. The summed E-state index contributed by atoms with van der Waals surface area (Å²) in [6.07, 6.45) is 2.75. The number of thiophene rings is 1. The lowest BCUT2D eigenvalue weighted by molar-refractivity contribution is 0.336. The monoisotopic (exact) mass is 240 g/mol. The number of ether oxygens (including phenoxy) is 1. The third-order valence-electron chi connectivity index (χ3n) is 2.97. The van der Waals surface area contributed by atoms with Gasteiger partial charge in [0.15, 0.2) is 0 Å². The van der Waals surface area contributed by atoms with Crippen LogP contribution in [-0.4, -0.2) is 38.2 Å². The van der Waals surface area contributed by atoms with Crippen molar-refractivity contribution in [2.24, 2.45) is 0 Å². The van der Waals surface area contributed by atoms with E-state index in [1.807, 2.05) is 0 Å². The van der Waals surface area contributed by atoms with Crippen molar-refractivity contribution in [2.75, 3.05) is 33.3 Å². The molecule has 0 aliphatic carbocycles. The van der Waals surface area contributed by atoms with E-state index in [2.05, 4.69) is 21.7 Å².